The zero-order chi connectivity index (χ0) is 30.6. The van der Waals surface area contributed by atoms with E-state index in [1.54, 1.807) is 24.3 Å². The smallest absolute Gasteiger partial charge is 0.336 e. The lowest BCUT2D eigenvalue weighted by atomic mass is 10.0. The Morgan fingerprint density at radius 2 is 1.58 bits per heavy atom. The van der Waals surface area contributed by atoms with Crippen molar-refractivity contribution in [2.24, 2.45) is 0 Å². The Labute approximate surface area is 255 Å². The highest BCUT2D eigenvalue weighted by molar-refractivity contribution is 7.99. The quantitative estimate of drug-likeness (QED) is 0.111. The summed E-state index contributed by atoms with van der Waals surface area (Å²) in [6.07, 6.45) is 2.63. The van der Waals surface area contributed by atoms with Crippen molar-refractivity contribution in [3.8, 4) is 0 Å². The molecule has 3 aromatic rings. The summed E-state index contributed by atoms with van der Waals surface area (Å²) < 4.78 is 12.8. The van der Waals surface area contributed by atoms with Crippen LogP contribution in [0.15, 0.2) is 77.7 Å². The fraction of sp³-hybridized carbons (Fsp3) is 0.364. The van der Waals surface area contributed by atoms with E-state index in [1.807, 2.05) is 48.5 Å². The molecule has 10 heteroatoms. The fourth-order valence-electron chi connectivity index (χ4n) is 4.88. The van der Waals surface area contributed by atoms with Gasteiger partial charge in [-0.25, -0.2) is 4.79 Å². The van der Waals surface area contributed by atoms with E-state index in [9.17, 15) is 24.6 Å². The van der Waals surface area contributed by atoms with Crippen molar-refractivity contribution in [1.82, 2.24) is 0 Å². The third kappa shape index (κ3) is 9.93. The molecule has 1 aliphatic rings. The largest absolute Gasteiger partial charge is 0.481 e. The number of aromatic carboxylic acids is 1. The average molecular weight is 608 g/mol. The fourth-order valence-corrected chi connectivity index (χ4v) is 5.94. The van der Waals surface area contributed by atoms with Crippen molar-refractivity contribution in [3.63, 3.8) is 0 Å². The summed E-state index contributed by atoms with van der Waals surface area (Å²) in [5.74, 6) is -1.39. The number of thioether (sulfide) groups is 1. The normalized spacial score (nSPS) is 18.2. The minimum Gasteiger partial charge on any atom is -0.481 e. The van der Waals surface area contributed by atoms with Crippen LogP contribution in [-0.2, 0) is 25.7 Å². The zero-order valence-electron chi connectivity index (χ0n) is 23.8. The maximum absolute atomic E-state index is 12.5. The molecule has 0 saturated carbocycles. The van der Waals surface area contributed by atoms with Gasteiger partial charge in [0.05, 0.1) is 24.4 Å². The number of carbonyl (C=O) groups is 3. The second kappa shape index (κ2) is 16.2. The van der Waals surface area contributed by atoms with Crippen LogP contribution in [0.2, 0.25) is 0 Å². The number of aliphatic hydroxyl groups excluding tert-OH is 1. The monoisotopic (exact) mass is 607 g/mol. The number of carboxylic acid groups (broad SMARTS) is 2. The minimum atomic E-state index is -0.979. The van der Waals surface area contributed by atoms with E-state index in [0.717, 1.165) is 29.5 Å². The van der Waals surface area contributed by atoms with E-state index in [4.69, 9.17) is 14.6 Å². The second-order valence-corrected chi connectivity index (χ2v) is 11.5. The molecule has 3 aromatic carbocycles. The van der Waals surface area contributed by atoms with Gasteiger partial charge in [-0.2, -0.15) is 0 Å². The number of benzene rings is 3. The molecule has 0 unspecified atom stereocenters. The van der Waals surface area contributed by atoms with Crippen molar-refractivity contribution in [2.45, 2.75) is 74.9 Å². The van der Waals surface area contributed by atoms with Gasteiger partial charge in [0.1, 0.15) is 0 Å². The Morgan fingerprint density at radius 1 is 0.837 bits per heavy atom. The van der Waals surface area contributed by atoms with Crippen molar-refractivity contribution in [2.75, 3.05) is 11.1 Å². The Hall–Kier alpha value is -3.70. The Balaban J connectivity index is 1.43. The van der Waals surface area contributed by atoms with E-state index in [-0.39, 0.29) is 36.7 Å². The lowest BCUT2D eigenvalue weighted by Crippen LogP contribution is -2.31. The van der Waals surface area contributed by atoms with Crippen molar-refractivity contribution >= 4 is 35.3 Å². The maximum atomic E-state index is 12.5. The standard InChI is InChI=1S/C33H37NO8S/c35-20-22-14-16-23(17-15-22)28-19-26(21-43-29-11-6-5-10-27(29)32(39)40)41-33(42-28)24-8-7-9-25(18-24)34-30(36)12-3-1-2-4-13-31(37)38/h5-11,14-18,26,28,33,35H,1-4,12-13,19-21H2,(H,34,36)(H,37,38)(H,39,40)/t26-,28+,33+/m0/s1. The lowest BCUT2D eigenvalue weighted by molar-refractivity contribution is -0.245. The van der Waals surface area contributed by atoms with Gasteiger partial charge >= 0.3 is 11.9 Å². The zero-order valence-corrected chi connectivity index (χ0v) is 24.6. The first-order valence-corrected chi connectivity index (χ1v) is 15.4. The van der Waals surface area contributed by atoms with Crippen LogP contribution in [0.3, 0.4) is 0 Å². The number of carbonyl (C=O) groups excluding carboxylic acids is 1. The van der Waals surface area contributed by atoms with Gasteiger partial charge < -0.3 is 30.1 Å². The van der Waals surface area contributed by atoms with Gasteiger partial charge in [-0.3, -0.25) is 9.59 Å². The molecule has 9 nitrogen and oxygen atoms in total. The summed E-state index contributed by atoms with van der Waals surface area (Å²) in [5.41, 5.74) is 3.35. The summed E-state index contributed by atoms with van der Waals surface area (Å²) >= 11 is 1.43. The number of nitrogens with one attached hydrogen (secondary N) is 1. The molecule has 0 spiro atoms. The highest BCUT2D eigenvalue weighted by Crippen LogP contribution is 2.40. The summed E-state index contributed by atoms with van der Waals surface area (Å²) in [4.78, 5) is 35.5. The number of rotatable bonds is 15. The highest BCUT2D eigenvalue weighted by atomic mass is 32.2. The van der Waals surface area contributed by atoms with Gasteiger partial charge in [-0.1, -0.05) is 61.4 Å². The molecule has 1 fully saturated rings. The molecule has 1 amide bonds. The predicted octanol–water partition coefficient (Wildman–Crippen LogP) is 6.58. The van der Waals surface area contributed by atoms with Crippen LogP contribution < -0.4 is 5.32 Å². The molecular formula is C33H37NO8S. The van der Waals surface area contributed by atoms with Crippen LogP contribution in [0.25, 0.3) is 0 Å². The number of carboxylic acids is 2. The van der Waals surface area contributed by atoms with Crippen molar-refractivity contribution in [1.29, 1.82) is 0 Å². The number of hydrogen-bond donors (Lipinski definition) is 4. The van der Waals surface area contributed by atoms with Crippen LogP contribution in [0, 0.1) is 0 Å². The van der Waals surface area contributed by atoms with E-state index in [0.29, 0.717) is 42.0 Å². The van der Waals surface area contributed by atoms with Crippen LogP contribution >= 0.6 is 11.8 Å². The van der Waals surface area contributed by atoms with E-state index in [2.05, 4.69) is 5.32 Å². The third-order valence-electron chi connectivity index (χ3n) is 7.14. The van der Waals surface area contributed by atoms with Gasteiger partial charge in [0, 0.05) is 41.2 Å². The second-order valence-electron chi connectivity index (χ2n) is 10.4. The molecular weight excluding hydrogens is 570 g/mol. The number of hydrogen-bond acceptors (Lipinski definition) is 7. The summed E-state index contributed by atoms with van der Waals surface area (Å²) in [5, 5.41) is 30.7. The van der Waals surface area contributed by atoms with Gasteiger partial charge in [-0.15, -0.1) is 11.8 Å². The molecule has 0 bridgehead atoms. The first-order valence-electron chi connectivity index (χ1n) is 14.4. The Bertz CT molecular complexity index is 1380. The number of anilines is 1. The molecule has 1 heterocycles. The van der Waals surface area contributed by atoms with E-state index in [1.165, 1.54) is 11.8 Å². The van der Waals surface area contributed by atoms with E-state index >= 15 is 0 Å². The summed E-state index contributed by atoms with van der Waals surface area (Å²) in [6, 6.07) is 21.8. The first-order chi connectivity index (χ1) is 20.8. The average Bonchev–Trinajstić information content (AvgIpc) is 3.01. The Morgan fingerprint density at radius 3 is 2.30 bits per heavy atom. The SMILES string of the molecule is O=C(O)CCCCCCC(=O)Nc1cccc([C@@H]2O[C@H](CSc3ccccc3C(=O)O)C[C@H](c3ccc(CO)cc3)O2)c1. The summed E-state index contributed by atoms with van der Waals surface area (Å²) in [7, 11) is 0. The van der Waals surface area contributed by atoms with Gasteiger partial charge in [-0.05, 0) is 48.2 Å². The maximum Gasteiger partial charge on any atom is 0.336 e. The molecule has 0 aromatic heterocycles. The van der Waals surface area contributed by atoms with Crippen LogP contribution in [0.4, 0.5) is 5.69 Å². The molecule has 1 aliphatic heterocycles. The van der Waals surface area contributed by atoms with Gasteiger partial charge in [0.2, 0.25) is 5.91 Å². The third-order valence-corrected chi connectivity index (χ3v) is 8.35. The molecule has 228 valence electrons. The van der Waals surface area contributed by atoms with Gasteiger partial charge in [0.25, 0.3) is 0 Å². The first kappa shape index (κ1) is 32.2. The molecule has 0 aliphatic carbocycles. The van der Waals surface area contributed by atoms with Gasteiger partial charge in [0.15, 0.2) is 6.29 Å². The summed E-state index contributed by atoms with van der Waals surface area (Å²) in [6.45, 7) is -0.0526. The molecule has 43 heavy (non-hydrogen) atoms. The lowest BCUT2D eigenvalue weighted by Gasteiger charge is -2.36. The van der Waals surface area contributed by atoms with Crippen molar-refractivity contribution < 1.29 is 39.2 Å². The number of amides is 1. The number of aliphatic carboxylic acids is 1. The Kier molecular flexibility index (Phi) is 12.2. The predicted molar refractivity (Wildman–Crippen MR) is 163 cm³/mol. The topological polar surface area (TPSA) is 142 Å². The van der Waals surface area contributed by atoms with Crippen LogP contribution in [0.1, 0.15) is 84.4 Å². The van der Waals surface area contributed by atoms with E-state index < -0.39 is 18.2 Å². The molecule has 1 saturated heterocycles. The number of unbranched alkanes of at least 4 members (excludes halogenated alkanes) is 3. The van der Waals surface area contributed by atoms with Crippen molar-refractivity contribution in [3.05, 3.63) is 95.1 Å². The molecule has 3 atom stereocenters. The molecule has 4 rings (SSSR count). The highest BCUT2D eigenvalue weighted by Gasteiger charge is 2.32. The molecule has 4 N–H and O–H groups in total. The number of ether oxygens (including phenoxy) is 2. The van der Waals surface area contributed by atoms with Crippen LogP contribution in [0.5, 0.6) is 0 Å². The molecule has 0 radical (unpaired) electrons. The van der Waals surface area contributed by atoms with Crippen LogP contribution in [-0.4, -0.2) is 45.0 Å². The minimum absolute atomic E-state index is 0.0526. The number of aliphatic hydroxyl groups is 1.